The van der Waals surface area contributed by atoms with Gasteiger partial charge in [0, 0.05) is 58.4 Å². The fourth-order valence-corrected chi connectivity index (χ4v) is 7.14. The van der Waals surface area contributed by atoms with E-state index in [1.165, 1.54) is 0 Å². The lowest BCUT2D eigenvalue weighted by molar-refractivity contribution is -0.120. The molecule has 0 spiro atoms. The summed E-state index contributed by atoms with van der Waals surface area (Å²) in [5.41, 5.74) is 4.56. The number of aryl methyl sites for hydroxylation is 2. The Morgan fingerprint density at radius 3 is 2.11 bits per heavy atom. The van der Waals surface area contributed by atoms with Crippen molar-refractivity contribution in [3.63, 3.8) is 0 Å². The van der Waals surface area contributed by atoms with Gasteiger partial charge in [0.2, 0.25) is 11.3 Å². The molecule has 0 radical (unpaired) electrons. The number of ketones is 1. The van der Waals surface area contributed by atoms with Gasteiger partial charge in [-0.3, -0.25) is 19.2 Å². The number of benzene rings is 6. The van der Waals surface area contributed by atoms with E-state index in [0.29, 0.717) is 52.4 Å². The number of amides is 2. The van der Waals surface area contributed by atoms with Crippen LogP contribution in [-0.4, -0.2) is 49.0 Å². The lowest BCUT2D eigenvalue weighted by atomic mass is 9.92. The maximum absolute atomic E-state index is 14.6. The smallest absolute Gasteiger partial charge is 0.251 e. The quantitative estimate of drug-likeness (QED) is 0.0468. The molecule has 0 saturated carbocycles. The standard InChI is InChI=1S/C50H44F2N2O8/c1-30-11-13-36(48-37-26-39(51)41(55)28-45(37)62-46-29-42(56)40(52)27-38(46)48)25-44(30)61-22-21-60-43-18-12-32(23-31(43)2)24-47(57)53-19-7-4-8-20-54-50(59)35-16-14-34(15-17-35)49(58)33-9-5-3-6-10-33/h3,5-6,9-18,23,25-29,55H,4,7-8,19-22,24H2,1-2H3,(H,53,57)(H,54,59). The number of phenolic OH excluding ortho intramolecular Hbond substituents is 1. The number of carbonyl (C=O) groups is 3. The van der Waals surface area contributed by atoms with Gasteiger partial charge in [-0.15, -0.1) is 0 Å². The highest BCUT2D eigenvalue weighted by atomic mass is 19.1. The Bertz CT molecular complexity index is 2790. The van der Waals surface area contributed by atoms with Crippen molar-refractivity contribution in [2.45, 2.75) is 39.5 Å². The van der Waals surface area contributed by atoms with E-state index in [2.05, 4.69) is 10.6 Å². The van der Waals surface area contributed by atoms with E-state index in [9.17, 15) is 33.1 Å². The molecule has 12 heteroatoms. The number of aromatic hydroxyl groups is 1. The number of halogens is 2. The van der Waals surface area contributed by atoms with Crippen LogP contribution in [0, 0.1) is 25.5 Å². The van der Waals surface area contributed by atoms with Gasteiger partial charge < -0.3 is 29.6 Å². The van der Waals surface area contributed by atoms with E-state index in [0.717, 1.165) is 60.2 Å². The Labute approximate surface area is 356 Å². The second-order valence-corrected chi connectivity index (χ2v) is 14.9. The highest BCUT2D eigenvalue weighted by molar-refractivity contribution is 6.09. The van der Waals surface area contributed by atoms with Gasteiger partial charge in [-0.2, -0.15) is 0 Å². The third kappa shape index (κ3) is 10.2. The summed E-state index contributed by atoms with van der Waals surface area (Å²) in [5, 5.41) is 16.1. The van der Waals surface area contributed by atoms with Gasteiger partial charge in [-0.05, 0) is 91.8 Å². The molecule has 0 bridgehead atoms. The topological polar surface area (TPSA) is 144 Å². The lowest BCUT2D eigenvalue weighted by Gasteiger charge is -2.17. The summed E-state index contributed by atoms with van der Waals surface area (Å²) in [4.78, 5) is 50.0. The molecule has 7 rings (SSSR count). The Kier molecular flexibility index (Phi) is 13.4. The number of carbonyl (C=O) groups excluding carboxylic acids is 3. The Balaban J connectivity index is 0.840. The summed E-state index contributed by atoms with van der Waals surface area (Å²) in [6.45, 7) is 5.15. The SMILES string of the molecule is Cc1cc(CC(=O)NCCCCCNC(=O)c2ccc(C(=O)c3ccccc3)cc2)ccc1OCCOc1cc(-c2c3cc(F)c(=O)cc-3oc3cc(O)c(F)cc23)ccc1C. The third-order valence-electron chi connectivity index (χ3n) is 10.4. The molecule has 10 nitrogen and oxygen atoms in total. The number of fused-ring (bicyclic) bond motifs is 2. The zero-order chi connectivity index (χ0) is 43.8. The van der Waals surface area contributed by atoms with Crippen LogP contribution < -0.4 is 25.5 Å². The minimum atomic E-state index is -0.983. The van der Waals surface area contributed by atoms with Gasteiger partial charge in [0.05, 0.1) is 6.42 Å². The molecule has 1 aliphatic carbocycles. The van der Waals surface area contributed by atoms with Crippen LogP contribution in [-0.2, 0) is 11.2 Å². The number of nitrogens with one attached hydrogen (secondary N) is 2. The van der Waals surface area contributed by atoms with E-state index in [4.69, 9.17) is 13.9 Å². The predicted octanol–water partition coefficient (Wildman–Crippen LogP) is 9.11. The summed E-state index contributed by atoms with van der Waals surface area (Å²) in [6.07, 6.45) is 2.55. The number of unbranched alkanes of at least 4 members (excludes halogenated alkanes) is 2. The lowest BCUT2D eigenvalue weighted by Crippen LogP contribution is -2.27. The van der Waals surface area contributed by atoms with Crippen LogP contribution in [0.25, 0.3) is 33.4 Å². The normalized spacial score (nSPS) is 11.1. The van der Waals surface area contributed by atoms with Crippen molar-refractivity contribution in [1.82, 2.24) is 10.6 Å². The highest BCUT2D eigenvalue weighted by Gasteiger charge is 2.22. The molecule has 1 aliphatic heterocycles. The maximum Gasteiger partial charge on any atom is 0.251 e. The zero-order valence-corrected chi connectivity index (χ0v) is 34.2. The van der Waals surface area contributed by atoms with Gasteiger partial charge in [0.1, 0.15) is 36.1 Å². The van der Waals surface area contributed by atoms with E-state index < -0.39 is 22.8 Å². The average molecular weight is 839 g/mol. The number of rotatable bonds is 17. The first-order valence-corrected chi connectivity index (χ1v) is 20.2. The molecule has 2 aliphatic rings. The Hall–Kier alpha value is -7.34. The number of phenols is 1. The van der Waals surface area contributed by atoms with E-state index in [1.54, 1.807) is 48.5 Å². The molecule has 0 unspecified atom stereocenters. The molecule has 62 heavy (non-hydrogen) atoms. The Morgan fingerprint density at radius 1 is 0.677 bits per heavy atom. The van der Waals surface area contributed by atoms with Crippen molar-refractivity contribution in [3.05, 3.63) is 170 Å². The van der Waals surface area contributed by atoms with Crippen molar-refractivity contribution in [2.24, 2.45) is 0 Å². The molecule has 3 N–H and O–H groups in total. The molecule has 1 heterocycles. The molecule has 5 aromatic rings. The van der Waals surface area contributed by atoms with Crippen LogP contribution in [0.3, 0.4) is 0 Å². The van der Waals surface area contributed by atoms with Crippen molar-refractivity contribution >= 4 is 28.6 Å². The van der Waals surface area contributed by atoms with Gasteiger partial charge in [0.25, 0.3) is 5.91 Å². The second kappa shape index (κ2) is 19.4. The van der Waals surface area contributed by atoms with Crippen molar-refractivity contribution < 1.29 is 42.2 Å². The average Bonchev–Trinajstić information content (AvgIpc) is 3.26. The summed E-state index contributed by atoms with van der Waals surface area (Å²) in [6, 6.07) is 30.8. The molecular weight excluding hydrogens is 795 g/mol. The zero-order valence-electron chi connectivity index (χ0n) is 34.2. The van der Waals surface area contributed by atoms with Crippen LogP contribution in [0.15, 0.2) is 124 Å². The maximum atomic E-state index is 14.6. The fraction of sp³-hybridized carbons (Fsp3) is 0.200. The second-order valence-electron chi connectivity index (χ2n) is 14.9. The van der Waals surface area contributed by atoms with Crippen molar-refractivity contribution in [1.29, 1.82) is 0 Å². The highest BCUT2D eigenvalue weighted by Crippen LogP contribution is 2.43. The molecule has 0 aromatic heterocycles. The van der Waals surface area contributed by atoms with Crippen LogP contribution in [0.1, 0.15) is 62.2 Å². The summed E-state index contributed by atoms with van der Waals surface area (Å²) >= 11 is 0. The minimum Gasteiger partial charge on any atom is -0.505 e. The van der Waals surface area contributed by atoms with Crippen molar-refractivity contribution in [3.8, 4) is 39.7 Å². The molecule has 5 aromatic carbocycles. The first-order valence-electron chi connectivity index (χ1n) is 20.2. The number of ether oxygens (including phenoxy) is 2. The summed E-state index contributed by atoms with van der Waals surface area (Å²) < 4.78 is 47.0. The van der Waals surface area contributed by atoms with Gasteiger partial charge >= 0.3 is 0 Å². The fourth-order valence-electron chi connectivity index (χ4n) is 7.14. The summed E-state index contributed by atoms with van der Waals surface area (Å²) in [5.74, 6) is -1.66. The molecule has 316 valence electrons. The summed E-state index contributed by atoms with van der Waals surface area (Å²) in [7, 11) is 0. The monoisotopic (exact) mass is 838 g/mol. The third-order valence-corrected chi connectivity index (χ3v) is 10.4. The van der Waals surface area contributed by atoms with E-state index in [1.807, 2.05) is 56.3 Å². The van der Waals surface area contributed by atoms with Crippen LogP contribution in [0.4, 0.5) is 8.78 Å². The number of hydrogen-bond donors (Lipinski definition) is 3. The molecule has 0 saturated heterocycles. The molecular formula is C50H44F2N2O8. The van der Waals surface area contributed by atoms with Gasteiger partial charge in [-0.1, -0.05) is 66.7 Å². The molecule has 0 atom stereocenters. The predicted molar refractivity (Wildman–Crippen MR) is 232 cm³/mol. The van der Waals surface area contributed by atoms with Crippen molar-refractivity contribution in [2.75, 3.05) is 26.3 Å². The van der Waals surface area contributed by atoms with Gasteiger partial charge in [0.15, 0.2) is 23.2 Å². The van der Waals surface area contributed by atoms with E-state index in [-0.39, 0.29) is 59.5 Å². The number of hydrogen-bond acceptors (Lipinski definition) is 8. The van der Waals surface area contributed by atoms with Crippen LogP contribution in [0.2, 0.25) is 0 Å². The van der Waals surface area contributed by atoms with Crippen LogP contribution in [0.5, 0.6) is 17.2 Å². The largest absolute Gasteiger partial charge is 0.505 e. The first kappa shape index (κ1) is 42.8. The Morgan fingerprint density at radius 2 is 1.37 bits per heavy atom. The minimum absolute atomic E-state index is 0.0790. The van der Waals surface area contributed by atoms with Gasteiger partial charge in [-0.25, -0.2) is 8.78 Å². The molecule has 2 amide bonds. The van der Waals surface area contributed by atoms with Crippen LogP contribution >= 0.6 is 0 Å². The van der Waals surface area contributed by atoms with E-state index >= 15 is 0 Å². The molecule has 0 fully saturated rings. The first-order chi connectivity index (χ1) is 29.9.